The molecule has 1 saturated carbocycles. The summed E-state index contributed by atoms with van der Waals surface area (Å²) in [5, 5.41) is 7.52. The van der Waals surface area contributed by atoms with Gasteiger partial charge >= 0.3 is 0 Å². The highest BCUT2D eigenvalue weighted by atomic mass is 35.5. The summed E-state index contributed by atoms with van der Waals surface area (Å²) in [5.41, 5.74) is 6.16. The van der Waals surface area contributed by atoms with E-state index in [2.05, 4.69) is 45.0 Å². The lowest BCUT2D eigenvalue weighted by Crippen LogP contribution is -2.29. The molecule has 1 amide bonds. The minimum absolute atomic E-state index is 0.0707. The molecule has 2 aromatic heterocycles. The molecule has 3 aromatic rings. The van der Waals surface area contributed by atoms with Gasteiger partial charge in [0.2, 0.25) is 5.91 Å². The van der Waals surface area contributed by atoms with E-state index < -0.39 is 0 Å². The third-order valence-electron chi connectivity index (χ3n) is 6.87. The number of nitrogens with zero attached hydrogens (tertiary/aromatic N) is 3. The maximum absolute atomic E-state index is 12.2. The first-order chi connectivity index (χ1) is 16.8. The first kappa shape index (κ1) is 23.8. The number of carbonyl (C=O) groups excluding carboxylic acids is 1. The Bertz CT molecular complexity index is 1280. The van der Waals surface area contributed by atoms with Crippen LogP contribution in [0.1, 0.15) is 67.5 Å². The molecule has 0 bridgehead atoms. The molecule has 1 aromatic carbocycles. The number of nitrogens with one attached hydrogen (secondary N) is 2. The van der Waals surface area contributed by atoms with Gasteiger partial charge in [-0.15, -0.1) is 0 Å². The van der Waals surface area contributed by atoms with Crippen LogP contribution in [0.25, 0.3) is 0 Å². The van der Waals surface area contributed by atoms with E-state index in [0.717, 1.165) is 11.4 Å². The van der Waals surface area contributed by atoms with Crippen molar-refractivity contribution < 1.29 is 4.79 Å². The fourth-order valence-electron chi connectivity index (χ4n) is 4.98. The highest BCUT2D eigenvalue weighted by Gasteiger charge is 2.43. The number of rotatable bonds is 6. The molecule has 0 radical (unpaired) electrons. The number of aryl methyl sites for hydroxylation is 1. The largest absolute Gasteiger partial charge is 0.351 e. The monoisotopic (exact) mass is 507 g/mol. The third-order valence-corrected chi connectivity index (χ3v) is 7.49. The van der Waals surface area contributed by atoms with Gasteiger partial charge in [-0.05, 0) is 80.9 Å². The van der Waals surface area contributed by atoms with Gasteiger partial charge in [-0.2, -0.15) is 0 Å². The minimum atomic E-state index is -0.133. The zero-order valence-corrected chi connectivity index (χ0v) is 22.0. The molecule has 1 aliphatic heterocycles. The van der Waals surface area contributed by atoms with E-state index in [1.165, 1.54) is 29.8 Å². The van der Waals surface area contributed by atoms with Crippen LogP contribution in [0.4, 0.5) is 11.4 Å². The predicted molar refractivity (Wildman–Crippen MR) is 145 cm³/mol. The number of thiocarbonyl (C=S) groups is 1. The van der Waals surface area contributed by atoms with Crippen LogP contribution in [-0.2, 0) is 4.79 Å². The van der Waals surface area contributed by atoms with Gasteiger partial charge in [-0.1, -0.05) is 31.5 Å². The number of aromatic nitrogens is 2. The molecule has 0 unspecified atom stereocenters. The summed E-state index contributed by atoms with van der Waals surface area (Å²) >= 11 is 12.5. The lowest BCUT2D eigenvalue weighted by Gasteiger charge is -2.28. The molecule has 2 atom stereocenters. The number of carbonyl (C=O) groups is 1. The Labute approximate surface area is 216 Å². The molecule has 35 heavy (non-hydrogen) atoms. The van der Waals surface area contributed by atoms with E-state index in [0.29, 0.717) is 21.9 Å². The fourth-order valence-corrected chi connectivity index (χ4v) is 5.55. The summed E-state index contributed by atoms with van der Waals surface area (Å²) in [6, 6.07) is 14.3. The summed E-state index contributed by atoms with van der Waals surface area (Å²) in [4.78, 5) is 19.0. The van der Waals surface area contributed by atoms with E-state index in [9.17, 15) is 4.79 Å². The first-order valence-corrected chi connectivity index (χ1v) is 12.8. The summed E-state index contributed by atoms with van der Waals surface area (Å²) in [5.74, 6) is -0.204. The zero-order chi connectivity index (χ0) is 24.9. The summed E-state index contributed by atoms with van der Waals surface area (Å²) in [7, 11) is 0. The number of pyridine rings is 1. The SMILES string of the molecule is Cc1cc([C@@H]2[C@@H](c3ccccn3)NC(=S)N2c2ccc(NC(=O)C(C)C)c(Cl)c2)c(C)n1C1CC1. The normalized spacial score (nSPS) is 19.8. The topological polar surface area (TPSA) is 62.2 Å². The van der Waals surface area contributed by atoms with Gasteiger partial charge in [-0.25, -0.2) is 0 Å². The van der Waals surface area contributed by atoms with E-state index in [1.54, 1.807) is 0 Å². The van der Waals surface area contributed by atoms with Crippen molar-refractivity contribution in [3.63, 3.8) is 0 Å². The molecule has 8 heteroatoms. The van der Waals surface area contributed by atoms with Crippen LogP contribution in [0.2, 0.25) is 5.02 Å². The predicted octanol–water partition coefficient (Wildman–Crippen LogP) is 6.26. The second-order valence-corrected chi connectivity index (χ2v) is 10.5. The average Bonchev–Trinajstić information content (AvgIpc) is 3.54. The molecule has 2 aliphatic rings. The minimum Gasteiger partial charge on any atom is -0.351 e. The second-order valence-electron chi connectivity index (χ2n) is 9.73. The number of benzene rings is 1. The lowest BCUT2D eigenvalue weighted by atomic mass is 9.96. The Kier molecular flexibility index (Phi) is 6.32. The highest BCUT2D eigenvalue weighted by Crippen LogP contribution is 2.46. The van der Waals surface area contributed by atoms with Crippen molar-refractivity contribution in [2.24, 2.45) is 5.92 Å². The Morgan fingerprint density at radius 2 is 1.97 bits per heavy atom. The molecule has 2 N–H and O–H groups in total. The Morgan fingerprint density at radius 1 is 1.20 bits per heavy atom. The molecule has 6 nitrogen and oxygen atoms in total. The number of halogens is 1. The van der Waals surface area contributed by atoms with Crippen LogP contribution in [0.15, 0.2) is 48.7 Å². The smallest absolute Gasteiger partial charge is 0.226 e. The molecule has 5 rings (SSSR count). The van der Waals surface area contributed by atoms with Crippen molar-refractivity contribution >= 4 is 46.2 Å². The third kappa shape index (κ3) is 4.43. The van der Waals surface area contributed by atoms with Crippen LogP contribution >= 0.6 is 23.8 Å². The summed E-state index contributed by atoms with van der Waals surface area (Å²) in [6.07, 6.45) is 4.27. The number of anilines is 2. The van der Waals surface area contributed by atoms with E-state index in [1.807, 2.05) is 56.4 Å². The van der Waals surface area contributed by atoms with Crippen molar-refractivity contribution in [1.82, 2.24) is 14.9 Å². The maximum atomic E-state index is 12.2. The van der Waals surface area contributed by atoms with E-state index in [-0.39, 0.29) is 23.9 Å². The van der Waals surface area contributed by atoms with Crippen molar-refractivity contribution in [1.29, 1.82) is 0 Å². The van der Waals surface area contributed by atoms with Crippen LogP contribution < -0.4 is 15.5 Å². The molecular weight excluding hydrogens is 478 g/mol. The Balaban J connectivity index is 1.58. The average molecular weight is 508 g/mol. The molecule has 2 fully saturated rings. The maximum Gasteiger partial charge on any atom is 0.226 e. The van der Waals surface area contributed by atoms with Gasteiger partial charge in [0.25, 0.3) is 0 Å². The van der Waals surface area contributed by atoms with Crippen molar-refractivity contribution in [2.45, 2.75) is 58.7 Å². The van der Waals surface area contributed by atoms with E-state index >= 15 is 0 Å². The van der Waals surface area contributed by atoms with Gasteiger partial charge in [0.15, 0.2) is 5.11 Å². The summed E-state index contributed by atoms with van der Waals surface area (Å²) < 4.78 is 2.46. The van der Waals surface area contributed by atoms with Gasteiger partial charge < -0.3 is 20.1 Å². The van der Waals surface area contributed by atoms with Gasteiger partial charge in [0.1, 0.15) is 0 Å². The molecule has 0 spiro atoms. The standard InChI is InChI=1S/C27H30ClN5OS/c1-15(2)26(34)30-22-11-10-19(14-21(22)28)33-25(20-13-16(3)32(17(20)4)18-8-9-18)24(31-27(33)35)23-7-5-6-12-29-23/h5-7,10-15,18,24-25H,8-9H2,1-4H3,(H,30,34)(H,31,35)/t24-,25-/m1/s1. The fraction of sp³-hybridized carbons (Fsp3) is 0.370. The number of hydrogen-bond donors (Lipinski definition) is 2. The molecule has 1 saturated heterocycles. The van der Waals surface area contributed by atoms with Crippen LogP contribution in [0, 0.1) is 19.8 Å². The Morgan fingerprint density at radius 3 is 2.60 bits per heavy atom. The molecule has 1 aliphatic carbocycles. The van der Waals surface area contributed by atoms with E-state index in [4.69, 9.17) is 23.8 Å². The highest BCUT2D eigenvalue weighted by molar-refractivity contribution is 7.80. The van der Waals surface area contributed by atoms with Crippen molar-refractivity contribution in [2.75, 3.05) is 10.2 Å². The molecule has 3 heterocycles. The van der Waals surface area contributed by atoms with Crippen molar-refractivity contribution in [3.05, 3.63) is 76.3 Å². The number of amides is 1. The molecular formula is C27H30ClN5OS. The van der Waals surface area contributed by atoms with Gasteiger partial charge in [0.05, 0.1) is 28.5 Å². The lowest BCUT2D eigenvalue weighted by molar-refractivity contribution is -0.118. The van der Waals surface area contributed by atoms with Gasteiger partial charge in [-0.3, -0.25) is 9.78 Å². The number of hydrogen-bond acceptors (Lipinski definition) is 3. The van der Waals surface area contributed by atoms with Crippen LogP contribution in [0.3, 0.4) is 0 Å². The molecule has 182 valence electrons. The van der Waals surface area contributed by atoms with Gasteiger partial charge in [0, 0.05) is 35.2 Å². The van der Waals surface area contributed by atoms with Crippen LogP contribution in [0.5, 0.6) is 0 Å². The van der Waals surface area contributed by atoms with Crippen molar-refractivity contribution in [3.8, 4) is 0 Å². The Hall–Kier alpha value is -2.90. The van der Waals surface area contributed by atoms with Crippen LogP contribution in [-0.4, -0.2) is 20.6 Å². The zero-order valence-electron chi connectivity index (χ0n) is 20.4. The second kappa shape index (κ2) is 9.28. The summed E-state index contributed by atoms with van der Waals surface area (Å²) in [6.45, 7) is 8.09. The quantitative estimate of drug-likeness (QED) is 0.385. The first-order valence-electron chi connectivity index (χ1n) is 12.1.